The SMILES string of the molecule is CP(=O)(O)Oc1ccccc1/N=N/c1ccc(NC(=O)CCN)nc1N. The van der Waals surface area contributed by atoms with Gasteiger partial charge in [-0.2, -0.15) is 0 Å². The summed E-state index contributed by atoms with van der Waals surface area (Å²) in [5.41, 5.74) is 11.6. The predicted molar refractivity (Wildman–Crippen MR) is 97.9 cm³/mol. The molecule has 1 aromatic heterocycles. The van der Waals surface area contributed by atoms with E-state index in [0.717, 1.165) is 6.66 Å². The Bertz CT molecular complexity index is 867. The number of azo groups is 1. The van der Waals surface area contributed by atoms with Crippen molar-refractivity contribution >= 4 is 36.5 Å². The van der Waals surface area contributed by atoms with E-state index in [1.807, 2.05) is 0 Å². The molecule has 1 amide bonds. The molecule has 0 aliphatic heterocycles. The maximum absolute atomic E-state index is 11.5. The molecule has 0 saturated heterocycles. The van der Waals surface area contributed by atoms with Gasteiger partial charge in [-0.05, 0) is 24.3 Å². The molecule has 0 saturated carbocycles. The summed E-state index contributed by atoms with van der Waals surface area (Å²) < 4.78 is 16.4. The molecule has 6 N–H and O–H groups in total. The quantitative estimate of drug-likeness (QED) is 0.424. The predicted octanol–water partition coefficient (Wildman–Crippen LogP) is 2.56. The molecule has 0 spiro atoms. The highest BCUT2D eigenvalue weighted by atomic mass is 31.2. The summed E-state index contributed by atoms with van der Waals surface area (Å²) in [5, 5.41) is 10.5. The van der Waals surface area contributed by atoms with Crippen LogP contribution in [0.4, 0.5) is 23.0 Å². The smallest absolute Gasteiger partial charge is 0.373 e. The van der Waals surface area contributed by atoms with Gasteiger partial charge in [0, 0.05) is 19.6 Å². The summed E-state index contributed by atoms with van der Waals surface area (Å²) in [7, 11) is -3.73. The number of hydrogen-bond donors (Lipinski definition) is 4. The van der Waals surface area contributed by atoms with E-state index in [1.54, 1.807) is 18.2 Å². The lowest BCUT2D eigenvalue weighted by molar-refractivity contribution is -0.116. The van der Waals surface area contributed by atoms with Crippen LogP contribution >= 0.6 is 7.60 Å². The zero-order chi connectivity index (χ0) is 19.2. The first-order valence-corrected chi connectivity index (χ1v) is 9.58. The fraction of sp³-hybridized carbons (Fsp3) is 0.200. The number of rotatable bonds is 7. The third kappa shape index (κ3) is 5.92. The van der Waals surface area contributed by atoms with Crippen LogP contribution in [0.25, 0.3) is 0 Å². The lowest BCUT2D eigenvalue weighted by Crippen LogP contribution is -2.17. The monoisotopic (exact) mass is 378 g/mol. The first-order chi connectivity index (χ1) is 12.3. The topological polar surface area (TPSA) is 165 Å². The van der Waals surface area contributed by atoms with Crippen molar-refractivity contribution in [3.05, 3.63) is 36.4 Å². The summed E-state index contributed by atoms with van der Waals surface area (Å²) in [6, 6.07) is 9.44. The zero-order valence-corrected chi connectivity index (χ0v) is 14.9. The highest BCUT2D eigenvalue weighted by Crippen LogP contribution is 2.42. The van der Waals surface area contributed by atoms with Gasteiger partial charge in [0.1, 0.15) is 17.2 Å². The number of nitrogens with zero attached hydrogens (tertiary/aromatic N) is 3. The Balaban J connectivity index is 2.19. The number of nitrogens with two attached hydrogens (primary N) is 2. The largest absolute Gasteiger partial charge is 0.422 e. The fourth-order valence-electron chi connectivity index (χ4n) is 1.87. The second kappa shape index (κ2) is 8.52. The number of carbonyl (C=O) groups excluding carboxylic acids is 1. The van der Waals surface area contributed by atoms with Gasteiger partial charge in [0.25, 0.3) is 0 Å². The van der Waals surface area contributed by atoms with Gasteiger partial charge in [0.15, 0.2) is 11.6 Å². The van der Waals surface area contributed by atoms with Crippen LogP contribution in [0, 0.1) is 0 Å². The Morgan fingerprint density at radius 1 is 1.27 bits per heavy atom. The Labute approximate surface area is 149 Å². The highest BCUT2D eigenvalue weighted by Gasteiger charge is 2.14. The number of hydrogen-bond acceptors (Lipinski definition) is 8. The molecule has 26 heavy (non-hydrogen) atoms. The molecule has 0 aliphatic rings. The highest BCUT2D eigenvalue weighted by molar-refractivity contribution is 7.52. The molecule has 0 fully saturated rings. The molecule has 10 nitrogen and oxygen atoms in total. The van der Waals surface area contributed by atoms with Gasteiger partial charge in [0.2, 0.25) is 5.91 Å². The molecule has 1 unspecified atom stereocenters. The van der Waals surface area contributed by atoms with E-state index in [0.29, 0.717) is 0 Å². The molecular weight excluding hydrogens is 359 g/mol. The summed E-state index contributed by atoms with van der Waals surface area (Å²) in [5.74, 6) is 0.173. The van der Waals surface area contributed by atoms with Crippen molar-refractivity contribution in [2.24, 2.45) is 16.0 Å². The first kappa shape index (κ1) is 19.5. The van der Waals surface area contributed by atoms with Gasteiger partial charge < -0.3 is 26.2 Å². The molecular formula is C15H19N6O4P. The Kier molecular flexibility index (Phi) is 6.40. The van der Waals surface area contributed by atoms with Crippen molar-refractivity contribution in [2.45, 2.75) is 6.42 Å². The maximum Gasteiger partial charge on any atom is 0.373 e. The van der Waals surface area contributed by atoms with Crippen molar-refractivity contribution < 1.29 is 18.8 Å². The second-order valence-electron chi connectivity index (χ2n) is 5.25. The van der Waals surface area contributed by atoms with Crippen molar-refractivity contribution in [3.63, 3.8) is 0 Å². The van der Waals surface area contributed by atoms with E-state index in [9.17, 15) is 14.3 Å². The molecule has 1 heterocycles. The summed E-state index contributed by atoms with van der Waals surface area (Å²) in [6.07, 6.45) is 0.173. The van der Waals surface area contributed by atoms with Crippen LogP contribution in [0.2, 0.25) is 0 Å². The lowest BCUT2D eigenvalue weighted by atomic mass is 10.3. The van der Waals surface area contributed by atoms with Crippen LogP contribution < -0.4 is 21.3 Å². The van der Waals surface area contributed by atoms with Crippen LogP contribution in [-0.2, 0) is 9.36 Å². The van der Waals surface area contributed by atoms with E-state index in [2.05, 4.69) is 20.5 Å². The van der Waals surface area contributed by atoms with Gasteiger partial charge in [0.05, 0.1) is 0 Å². The van der Waals surface area contributed by atoms with Gasteiger partial charge in [-0.15, -0.1) is 10.2 Å². The maximum atomic E-state index is 11.5. The number of para-hydroxylation sites is 1. The van der Waals surface area contributed by atoms with Gasteiger partial charge >= 0.3 is 7.60 Å². The molecule has 138 valence electrons. The average molecular weight is 378 g/mol. The molecule has 2 aromatic rings. The van der Waals surface area contributed by atoms with Crippen LogP contribution in [0.5, 0.6) is 5.75 Å². The number of carbonyl (C=O) groups is 1. The number of aromatic nitrogens is 1. The van der Waals surface area contributed by atoms with Crippen molar-refractivity contribution in [3.8, 4) is 5.75 Å². The minimum Gasteiger partial charge on any atom is -0.422 e. The van der Waals surface area contributed by atoms with Crippen molar-refractivity contribution in [1.29, 1.82) is 0 Å². The average Bonchev–Trinajstić information content (AvgIpc) is 2.54. The zero-order valence-electron chi connectivity index (χ0n) is 14.0. The number of amides is 1. The van der Waals surface area contributed by atoms with Crippen LogP contribution in [-0.4, -0.2) is 29.0 Å². The standard InChI is InChI=1S/C15H19N6O4P/c1-26(23,24)25-12-5-3-2-4-10(12)20-21-11-6-7-13(19-15(11)17)18-14(22)8-9-16/h2-7H,8-9,16H2,1H3,(H,23,24)(H3,17,18,19,22)/b21-20+. The Morgan fingerprint density at radius 3 is 2.62 bits per heavy atom. The number of anilines is 2. The molecule has 11 heteroatoms. The van der Waals surface area contributed by atoms with E-state index >= 15 is 0 Å². The van der Waals surface area contributed by atoms with Gasteiger partial charge in [-0.3, -0.25) is 4.79 Å². The third-order valence-electron chi connectivity index (χ3n) is 2.94. The summed E-state index contributed by atoms with van der Waals surface area (Å²) in [4.78, 5) is 24.9. The minimum atomic E-state index is -3.73. The lowest BCUT2D eigenvalue weighted by Gasteiger charge is -2.10. The Morgan fingerprint density at radius 2 is 1.96 bits per heavy atom. The minimum absolute atomic E-state index is 0.0565. The van der Waals surface area contributed by atoms with E-state index in [-0.39, 0.29) is 47.6 Å². The number of benzene rings is 1. The van der Waals surface area contributed by atoms with E-state index in [4.69, 9.17) is 16.0 Å². The summed E-state index contributed by atoms with van der Waals surface area (Å²) >= 11 is 0. The number of nitrogen functional groups attached to an aromatic ring is 1. The van der Waals surface area contributed by atoms with Crippen LogP contribution in [0.15, 0.2) is 46.6 Å². The first-order valence-electron chi connectivity index (χ1n) is 7.55. The normalized spacial score (nSPS) is 13.3. The second-order valence-corrected chi connectivity index (χ2v) is 7.04. The molecule has 0 bridgehead atoms. The van der Waals surface area contributed by atoms with E-state index in [1.165, 1.54) is 18.2 Å². The number of pyridine rings is 1. The number of nitrogens with one attached hydrogen (secondary N) is 1. The summed E-state index contributed by atoms with van der Waals surface area (Å²) in [6.45, 7) is 1.30. The van der Waals surface area contributed by atoms with Gasteiger partial charge in [-0.1, -0.05) is 12.1 Å². The van der Waals surface area contributed by atoms with Crippen molar-refractivity contribution in [2.75, 3.05) is 24.3 Å². The Hall–Kier alpha value is -2.81. The van der Waals surface area contributed by atoms with Gasteiger partial charge in [-0.25, -0.2) is 9.55 Å². The molecule has 0 aliphatic carbocycles. The molecule has 1 aromatic carbocycles. The third-order valence-corrected chi connectivity index (χ3v) is 3.48. The molecule has 1 atom stereocenters. The van der Waals surface area contributed by atoms with Crippen LogP contribution in [0.3, 0.4) is 0 Å². The molecule has 0 radical (unpaired) electrons. The fourth-order valence-corrected chi connectivity index (χ4v) is 2.38. The van der Waals surface area contributed by atoms with E-state index < -0.39 is 7.60 Å². The van der Waals surface area contributed by atoms with Crippen LogP contribution in [0.1, 0.15) is 6.42 Å². The molecule has 2 rings (SSSR count). The van der Waals surface area contributed by atoms with Crippen molar-refractivity contribution in [1.82, 2.24) is 4.98 Å².